The maximum atomic E-state index is 12.3. The van der Waals surface area contributed by atoms with Gasteiger partial charge < -0.3 is 13.7 Å². The van der Waals surface area contributed by atoms with Crippen LogP contribution in [0.25, 0.3) is 0 Å². The quantitative estimate of drug-likeness (QED) is 0.617. The SMILES string of the molecule is Cc1cc2c(c(OS(=O)(=O)C(F)(F)F)c1)OCCO2. The van der Waals surface area contributed by atoms with Crippen LogP contribution in [0, 0.1) is 6.92 Å². The molecule has 1 aliphatic heterocycles. The van der Waals surface area contributed by atoms with Gasteiger partial charge in [-0.25, -0.2) is 0 Å². The highest BCUT2D eigenvalue weighted by molar-refractivity contribution is 7.88. The first-order valence-electron chi connectivity index (χ1n) is 5.12. The Morgan fingerprint density at radius 2 is 1.84 bits per heavy atom. The van der Waals surface area contributed by atoms with Crippen LogP contribution in [0.3, 0.4) is 0 Å². The van der Waals surface area contributed by atoms with Gasteiger partial charge >= 0.3 is 15.6 Å². The molecule has 1 heterocycles. The van der Waals surface area contributed by atoms with Crippen molar-refractivity contribution in [3.63, 3.8) is 0 Å². The minimum atomic E-state index is -5.74. The molecule has 0 saturated carbocycles. The van der Waals surface area contributed by atoms with Crippen molar-refractivity contribution >= 4 is 10.1 Å². The number of hydrogen-bond acceptors (Lipinski definition) is 5. The van der Waals surface area contributed by atoms with Crippen molar-refractivity contribution in [2.75, 3.05) is 13.2 Å². The minimum absolute atomic E-state index is 0.0957. The first kappa shape index (κ1) is 13.8. The average Bonchev–Trinajstić information content (AvgIpc) is 2.26. The Morgan fingerprint density at radius 1 is 1.21 bits per heavy atom. The monoisotopic (exact) mass is 298 g/mol. The Hall–Kier alpha value is -1.64. The molecular weight excluding hydrogens is 289 g/mol. The van der Waals surface area contributed by atoms with Crippen molar-refractivity contribution in [1.29, 1.82) is 0 Å². The standard InChI is InChI=1S/C10H9F3O5S/c1-6-4-7-9(17-3-2-16-7)8(5-6)18-19(14,15)10(11,12)13/h4-5H,2-3H2,1H3. The second kappa shape index (κ2) is 4.48. The first-order chi connectivity index (χ1) is 8.71. The van der Waals surface area contributed by atoms with E-state index in [1.165, 1.54) is 6.07 Å². The highest BCUT2D eigenvalue weighted by atomic mass is 32.2. The number of rotatable bonds is 2. The summed E-state index contributed by atoms with van der Waals surface area (Å²) in [7, 11) is -5.74. The number of benzene rings is 1. The van der Waals surface area contributed by atoms with E-state index in [-0.39, 0.29) is 24.7 Å². The number of halogens is 3. The van der Waals surface area contributed by atoms with Gasteiger partial charge in [0, 0.05) is 0 Å². The maximum Gasteiger partial charge on any atom is 0.534 e. The second-order valence-electron chi connectivity index (χ2n) is 3.77. The lowest BCUT2D eigenvalue weighted by atomic mass is 10.2. The third kappa shape index (κ3) is 2.70. The average molecular weight is 298 g/mol. The van der Waals surface area contributed by atoms with Gasteiger partial charge in [-0.2, -0.15) is 21.6 Å². The molecule has 0 unspecified atom stereocenters. The van der Waals surface area contributed by atoms with Gasteiger partial charge in [0.1, 0.15) is 13.2 Å². The molecule has 0 fully saturated rings. The van der Waals surface area contributed by atoms with Crippen molar-refractivity contribution in [3.8, 4) is 17.2 Å². The summed E-state index contributed by atoms with van der Waals surface area (Å²) in [6.07, 6.45) is 0. The van der Waals surface area contributed by atoms with Gasteiger partial charge in [-0.3, -0.25) is 0 Å². The molecule has 0 amide bonds. The van der Waals surface area contributed by atoms with Crippen molar-refractivity contribution in [2.45, 2.75) is 12.4 Å². The Kier molecular flexibility index (Phi) is 3.25. The topological polar surface area (TPSA) is 61.8 Å². The Bertz CT molecular complexity index is 594. The van der Waals surface area contributed by atoms with Gasteiger partial charge in [-0.1, -0.05) is 0 Å². The van der Waals surface area contributed by atoms with E-state index in [2.05, 4.69) is 4.18 Å². The predicted octanol–water partition coefficient (Wildman–Crippen LogP) is 1.99. The summed E-state index contributed by atoms with van der Waals surface area (Å²) in [4.78, 5) is 0. The maximum absolute atomic E-state index is 12.3. The second-order valence-corrected chi connectivity index (χ2v) is 5.31. The highest BCUT2D eigenvalue weighted by Gasteiger charge is 2.49. The van der Waals surface area contributed by atoms with E-state index in [4.69, 9.17) is 9.47 Å². The number of hydrogen-bond donors (Lipinski definition) is 0. The van der Waals surface area contributed by atoms with Gasteiger partial charge in [0.05, 0.1) is 0 Å². The number of alkyl halides is 3. The van der Waals surface area contributed by atoms with Crippen molar-refractivity contribution in [3.05, 3.63) is 17.7 Å². The molecule has 1 aromatic rings. The van der Waals surface area contributed by atoms with E-state index in [1.807, 2.05) is 0 Å². The molecule has 0 aliphatic carbocycles. The fraction of sp³-hybridized carbons (Fsp3) is 0.400. The first-order valence-corrected chi connectivity index (χ1v) is 6.52. The van der Waals surface area contributed by atoms with Crippen LogP contribution in [0.4, 0.5) is 13.2 Å². The lowest BCUT2D eigenvalue weighted by Crippen LogP contribution is -2.28. The molecule has 0 atom stereocenters. The van der Waals surface area contributed by atoms with Crippen molar-refractivity contribution in [2.24, 2.45) is 0 Å². The van der Waals surface area contributed by atoms with Crippen LogP contribution >= 0.6 is 0 Å². The van der Waals surface area contributed by atoms with Crippen LogP contribution in [0.5, 0.6) is 17.2 Å². The summed E-state index contributed by atoms with van der Waals surface area (Å²) in [5.41, 5.74) is -5.02. The van der Waals surface area contributed by atoms with Gasteiger partial charge in [0.2, 0.25) is 5.75 Å². The molecule has 5 nitrogen and oxygen atoms in total. The lowest BCUT2D eigenvalue weighted by Gasteiger charge is -2.21. The summed E-state index contributed by atoms with van der Waals surface area (Å²) in [5.74, 6) is -0.532. The smallest absolute Gasteiger partial charge is 0.486 e. The number of fused-ring (bicyclic) bond motifs is 1. The highest BCUT2D eigenvalue weighted by Crippen LogP contribution is 2.42. The van der Waals surface area contributed by atoms with Crippen molar-refractivity contribution in [1.82, 2.24) is 0 Å². The summed E-state index contributed by atoms with van der Waals surface area (Å²) in [6, 6.07) is 2.65. The molecule has 0 aromatic heterocycles. The third-order valence-electron chi connectivity index (χ3n) is 2.24. The molecule has 9 heteroatoms. The molecule has 1 aromatic carbocycles. The van der Waals surface area contributed by atoms with E-state index in [0.717, 1.165) is 6.07 Å². The van der Waals surface area contributed by atoms with E-state index in [0.29, 0.717) is 5.56 Å². The zero-order valence-corrected chi connectivity index (χ0v) is 10.5. The van der Waals surface area contributed by atoms with Gasteiger partial charge in [-0.15, -0.1) is 0 Å². The largest absolute Gasteiger partial charge is 0.534 e. The molecule has 106 valence electrons. The van der Waals surface area contributed by atoms with Crippen molar-refractivity contribution < 1.29 is 35.2 Å². The van der Waals surface area contributed by atoms with Crippen LogP contribution in [-0.2, 0) is 10.1 Å². The molecular formula is C10H9F3O5S. The summed E-state index contributed by atoms with van der Waals surface area (Å²) < 4.78 is 73.1. The van der Waals surface area contributed by atoms with E-state index in [1.54, 1.807) is 6.92 Å². The normalized spacial score (nSPS) is 15.2. The summed E-state index contributed by atoms with van der Waals surface area (Å²) in [5, 5.41) is 0. The van der Waals surface area contributed by atoms with Crippen LogP contribution in [0.1, 0.15) is 5.56 Å². The van der Waals surface area contributed by atoms with Gasteiger partial charge in [-0.05, 0) is 24.6 Å². The molecule has 0 radical (unpaired) electrons. The fourth-order valence-electron chi connectivity index (χ4n) is 1.48. The summed E-state index contributed by atoms with van der Waals surface area (Å²) in [6.45, 7) is 1.88. The van der Waals surface area contributed by atoms with E-state index in [9.17, 15) is 21.6 Å². The molecule has 1 aliphatic rings. The lowest BCUT2D eigenvalue weighted by molar-refractivity contribution is -0.0501. The van der Waals surface area contributed by atoms with Crippen LogP contribution in [0.15, 0.2) is 12.1 Å². The Labute approximate surface area is 107 Å². The number of ether oxygens (including phenoxy) is 2. The zero-order valence-electron chi connectivity index (χ0n) is 9.65. The Balaban J connectivity index is 2.44. The molecule has 0 N–H and O–H groups in total. The Morgan fingerprint density at radius 3 is 2.47 bits per heavy atom. The third-order valence-corrected chi connectivity index (χ3v) is 3.20. The molecule has 0 saturated heterocycles. The zero-order chi connectivity index (χ0) is 14.3. The summed E-state index contributed by atoms with van der Waals surface area (Å²) >= 11 is 0. The van der Waals surface area contributed by atoms with E-state index >= 15 is 0 Å². The van der Waals surface area contributed by atoms with Crippen LogP contribution in [0.2, 0.25) is 0 Å². The molecule has 0 spiro atoms. The minimum Gasteiger partial charge on any atom is -0.486 e. The van der Waals surface area contributed by atoms with Gasteiger partial charge in [0.25, 0.3) is 0 Å². The van der Waals surface area contributed by atoms with E-state index < -0.39 is 21.4 Å². The van der Waals surface area contributed by atoms with Crippen LogP contribution < -0.4 is 13.7 Å². The predicted molar refractivity (Wildman–Crippen MR) is 57.8 cm³/mol. The molecule has 2 rings (SSSR count). The fourth-order valence-corrected chi connectivity index (χ4v) is 1.93. The molecule has 0 bridgehead atoms. The number of aryl methyl sites for hydroxylation is 1. The van der Waals surface area contributed by atoms with Gasteiger partial charge in [0.15, 0.2) is 11.5 Å². The van der Waals surface area contributed by atoms with Crippen LogP contribution in [-0.4, -0.2) is 27.1 Å². The molecule has 19 heavy (non-hydrogen) atoms.